The number of carboxylic acid groups (broad SMARTS) is 1. The molecule has 1 amide bonds. The predicted molar refractivity (Wildman–Crippen MR) is 80.2 cm³/mol. The molecule has 4 nitrogen and oxygen atoms in total. The largest absolute Gasteiger partial charge is 0.480 e. The fourth-order valence-electron chi connectivity index (χ4n) is 2.30. The smallest absolute Gasteiger partial charge is 0.327 e. The number of aliphatic carboxylic acids is 1. The van der Waals surface area contributed by atoms with Crippen molar-refractivity contribution in [1.82, 2.24) is 4.90 Å². The quantitative estimate of drug-likeness (QED) is 0.920. The first kappa shape index (κ1) is 16.1. The van der Waals surface area contributed by atoms with Gasteiger partial charge in [0.1, 0.15) is 11.9 Å². The minimum absolute atomic E-state index is 0.144. The molecule has 0 radical (unpaired) electrons. The van der Waals surface area contributed by atoms with Crippen molar-refractivity contribution in [3.05, 3.63) is 34.6 Å². The van der Waals surface area contributed by atoms with E-state index in [2.05, 4.69) is 0 Å². The second-order valence-corrected chi connectivity index (χ2v) is 6.41. The molecule has 0 aromatic heterocycles. The van der Waals surface area contributed by atoms with Gasteiger partial charge in [0.25, 0.3) is 5.91 Å². The summed E-state index contributed by atoms with van der Waals surface area (Å²) < 4.78 is 13.9. The van der Waals surface area contributed by atoms with E-state index in [1.54, 1.807) is 0 Å². The van der Waals surface area contributed by atoms with Crippen LogP contribution in [0, 0.1) is 5.82 Å². The van der Waals surface area contributed by atoms with Crippen molar-refractivity contribution in [2.75, 3.05) is 5.75 Å². The van der Waals surface area contributed by atoms with Crippen molar-refractivity contribution in [2.45, 2.75) is 31.2 Å². The number of carbonyl (C=O) groups is 2. The van der Waals surface area contributed by atoms with Gasteiger partial charge in [0.2, 0.25) is 0 Å². The summed E-state index contributed by atoms with van der Waals surface area (Å²) in [5, 5.41) is 9.21. The topological polar surface area (TPSA) is 57.6 Å². The van der Waals surface area contributed by atoms with Gasteiger partial charge in [-0.25, -0.2) is 9.18 Å². The number of hydrogen-bond acceptors (Lipinski definition) is 3. The molecule has 1 N–H and O–H groups in total. The van der Waals surface area contributed by atoms with Gasteiger partial charge in [-0.15, -0.1) is 11.8 Å². The van der Waals surface area contributed by atoms with Crippen LogP contribution in [0.5, 0.6) is 0 Å². The normalized spacial score (nSPS) is 21.6. The zero-order chi connectivity index (χ0) is 15.6. The zero-order valence-electron chi connectivity index (χ0n) is 11.4. The van der Waals surface area contributed by atoms with Crippen LogP contribution in [-0.4, -0.2) is 39.1 Å². The summed E-state index contributed by atoms with van der Waals surface area (Å²) in [7, 11) is 0. The zero-order valence-corrected chi connectivity index (χ0v) is 13.0. The highest BCUT2D eigenvalue weighted by molar-refractivity contribution is 8.00. The van der Waals surface area contributed by atoms with Crippen LogP contribution in [0.4, 0.5) is 4.39 Å². The number of nitrogens with zero attached hydrogens (tertiary/aromatic N) is 1. The van der Waals surface area contributed by atoms with Crippen LogP contribution >= 0.6 is 23.4 Å². The Balaban J connectivity index is 2.34. The maximum atomic E-state index is 13.9. The Hall–Kier alpha value is -1.27. The summed E-state index contributed by atoms with van der Waals surface area (Å²) in [5.41, 5.74) is -0.144. The van der Waals surface area contributed by atoms with Crippen molar-refractivity contribution in [2.24, 2.45) is 0 Å². The molecule has 1 aliphatic rings. The van der Waals surface area contributed by atoms with Crippen LogP contribution in [-0.2, 0) is 4.79 Å². The van der Waals surface area contributed by atoms with Gasteiger partial charge in [-0.2, -0.15) is 0 Å². The van der Waals surface area contributed by atoms with Gasteiger partial charge in [0, 0.05) is 10.8 Å². The van der Waals surface area contributed by atoms with Crippen molar-refractivity contribution in [3.8, 4) is 0 Å². The maximum Gasteiger partial charge on any atom is 0.327 e. The Morgan fingerprint density at radius 2 is 2.24 bits per heavy atom. The van der Waals surface area contributed by atoms with E-state index in [0.717, 1.165) is 12.5 Å². The molecule has 1 aromatic rings. The summed E-state index contributed by atoms with van der Waals surface area (Å²) in [6.07, 6.45) is 1.49. The van der Waals surface area contributed by atoms with Gasteiger partial charge in [-0.3, -0.25) is 4.79 Å². The van der Waals surface area contributed by atoms with Gasteiger partial charge in [0.15, 0.2) is 0 Å². The van der Waals surface area contributed by atoms with Crippen molar-refractivity contribution < 1.29 is 19.1 Å². The molecule has 21 heavy (non-hydrogen) atoms. The number of amides is 1. The molecule has 1 heterocycles. The lowest BCUT2D eigenvalue weighted by molar-refractivity contribution is -0.141. The first-order valence-electron chi connectivity index (χ1n) is 6.57. The van der Waals surface area contributed by atoms with E-state index in [1.807, 2.05) is 6.92 Å². The summed E-state index contributed by atoms with van der Waals surface area (Å²) in [6.45, 7) is 1.96. The standard InChI is InChI=1S/C14H15ClFNO3S/c1-2-3-12-17(11(7-21-12)14(19)20)13(18)9-5-4-8(15)6-10(9)16/h4-6,11-12H,2-3,7H2,1H3,(H,19,20). The Bertz CT molecular complexity index is 569. The minimum atomic E-state index is -1.07. The van der Waals surface area contributed by atoms with Crippen molar-refractivity contribution >= 4 is 35.2 Å². The molecule has 2 unspecified atom stereocenters. The van der Waals surface area contributed by atoms with Crippen LogP contribution in [0.1, 0.15) is 30.1 Å². The van der Waals surface area contributed by atoms with E-state index in [9.17, 15) is 19.1 Å². The fraction of sp³-hybridized carbons (Fsp3) is 0.429. The molecule has 0 bridgehead atoms. The van der Waals surface area contributed by atoms with Crippen LogP contribution in [0.3, 0.4) is 0 Å². The van der Waals surface area contributed by atoms with Crippen LogP contribution < -0.4 is 0 Å². The lowest BCUT2D eigenvalue weighted by Gasteiger charge is -2.27. The number of rotatable bonds is 4. The van der Waals surface area contributed by atoms with E-state index in [1.165, 1.54) is 28.8 Å². The Labute approximate surface area is 131 Å². The first-order chi connectivity index (χ1) is 9.95. The number of carbonyl (C=O) groups excluding carboxylic acids is 1. The third-order valence-electron chi connectivity index (χ3n) is 3.31. The Morgan fingerprint density at radius 3 is 2.81 bits per heavy atom. The van der Waals surface area contributed by atoms with E-state index < -0.39 is 23.7 Å². The SMILES string of the molecule is CCCC1SCC(C(=O)O)N1C(=O)c1ccc(Cl)cc1F. The van der Waals surface area contributed by atoms with Crippen molar-refractivity contribution in [1.29, 1.82) is 0 Å². The molecular weight excluding hydrogens is 317 g/mol. The second kappa shape index (κ2) is 6.66. The van der Waals surface area contributed by atoms with Crippen LogP contribution in [0.2, 0.25) is 5.02 Å². The Kier molecular flexibility index (Phi) is 5.11. The average Bonchev–Trinajstić information content (AvgIpc) is 2.82. The summed E-state index contributed by atoms with van der Waals surface area (Å²) in [5.74, 6) is -2.08. The highest BCUT2D eigenvalue weighted by Gasteiger charge is 2.42. The fourth-order valence-corrected chi connectivity index (χ4v) is 3.97. The predicted octanol–water partition coefficient (Wildman–Crippen LogP) is 3.25. The van der Waals surface area contributed by atoms with E-state index in [-0.39, 0.29) is 16.0 Å². The van der Waals surface area contributed by atoms with Gasteiger partial charge in [0.05, 0.1) is 10.9 Å². The van der Waals surface area contributed by atoms with Crippen LogP contribution in [0.25, 0.3) is 0 Å². The van der Waals surface area contributed by atoms with Gasteiger partial charge in [-0.05, 0) is 24.6 Å². The molecule has 114 valence electrons. The number of hydrogen-bond donors (Lipinski definition) is 1. The highest BCUT2D eigenvalue weighted by atomic mass is 35.5. The molecule has 7 heteroatoms. The third kappa shape index (κ3) is 3.32. The molecule has 2 atom stereocenters. The molecular formula is C14H15ClFNO3S. The first-order valence-corrected chi connectivity index (χ1v) is 8.00. The highest BCUT2D eigenvalue weighted by Crippen LogP contribution is 2.34. The number of carboxylic acids is 1. The van der Waals surface area contributed by atoms with Gasteiger partial charge >= 0.3 is 5.97 Å². The minimum Gasteiger partial charge on any atom is -0.480 e. The maximum absolute atomic E-state index is 13.9. The number of thioether (sulfide) groups is 1. The van der Waals surface area contributed by atoms with Gasteiger partial charge < -0.3 is 10.0 Å². The summed E-state index contributed by atoms with van der Waals surface area (Å²) >= 11 is 7.09. The third-order valence-corrected chi connectivity index (χ3v) is 4.90. The van der Waals surface area contributed by atoms with E-state index >= 15 is 0 Å². The van der Waals surface area contributed by atoms with Gasteiger partial charge in [-0.1, -0.05) is 24.9 Å². The van der Waals surface area contributed by atoms with Crippen LogP contribution in [0.15, 0.2) is 18.2 Å². The second-order valence-electron chi connectivity index (χ2n) is 4.77. The molecule has 1 fully saturated rings. The van der Waals surface area contributed by atoms with E-state index in [0.29, 0.717) is 12.2 Å². The summed E-state index contributed by atoms with van der Waals surface area (Å²) in [6, 6.07) is 2.85. The molecule has 1 saturated heterocycles. The number of benzene rings is 1. The molecule has 0 aliphatic carbocycles. The monoisotopic (exact) mass is 331 g/mol. The van der Waals surface area contributed by atoms with Crippen molar-refractivity contribution in [3.63, 3.8) is 0 Å². The lowest BCUT2D eigenvalue weighted by Crippen LogP contribution is -2.45. The molecule has 0 spiro atoms. The molecule has 1 aliphatic heterocycles. The summed E-state index contributed by atoms with van der Waals surface area (Å²) in [4.78, 5) is 25.1. The molecule has 1 aromatic carbocycles. The average molecular weight is 332 g/mol. The Morgan fingerprint density at radius 1 is 1.52 bits per heavy atom. The number of halogens is 2. The molecule has 0 saturated carbocycles. The molecule has 2 rings (SSSR count). The lowest BCUT2D eigenvalue weighted by atomic mass is 10.1. The van der Waals surface area contributed by atoms with E-state index in [4.69, 9.17) is 11.6 Å².